The number of hydrogen-bond acceptors (Lipinski definition) is 6. The average molecular weight is 386 g/mol. The SMILES string of the molecule is COC[C@H](N)Cc1sc2c(NCc3ccco3)cc(Cl)nc2c1Cl. The third-order valence-electron chi connectivity index (χ3n) is 3.48. The molecule has 0 aromatic carbocycles. The van der Waals surface area contributed by atoms with E-state index in [2.05, 4.69) is 10.3 Å². The molecule has 3 aromatic heterocycles. The van der Waals surface area contributed by atoms with Crippen molar-refractivity contribution in [2.75, 3.05) is 19.0 Å². The number of methoxy groups -OCH3 is 1. The Hall–Kier alpha value is -1.31. The highest BCUT2D eigenvalue weighted by Gasteiger charge is 2.18. The van der Waals surface area contributed by atoms with E-state index in [0.29, 0.717) is 35.3 Å². The van der Waals surface area contributed by atoms with Crippen molar-refractivity contribution >= 4 is 50.4 Å². The summed E-state index contributed by atoms with van der Waals surface area (Å²) >= 11 is 14.2. The zero-order valence-electron chi connectivity index (χ0n) is 13.0. The Kier molecular flexibility index (Phi) is 5.63. The quantitative estimate of drug-likeness (QED) is 0.592. The molecule has 0 fully saturated rings. The lowest BCUT2D eigenvalue weighted by Gasteiger charge is -2.08. The molecule has 0 saturated carbocycles. The van der Waals surface area contributed by atoms with E-state index in [4.69, 9.17) is 38.1 Å². The number of halogens is 2. The van der Waals surface area contributed by atoms with Gasteiger partial charge in [-0.05, 0) is 12.1 Å². The number of nitrogens with two attached hydrogens (primary N) is 1. The van der Waals surface area contributed by atoms with E-state index in [1.165, 1.54) is 0 Å². The van der Waals surface area contributed by atoms with Gasteiger partial charge in [0.2, 0.25) is 0 Å². The molecule has 3 rings (SSSR count). The van der Waals surface area contributed by atoms with E-state index in [-0.39, 0.29) is 6.04 Å². The summed E-state index contributed by atoms with van der Waals surface area (Å²) < 4.78 is 11.4. The summed E-state index contributed by atoms with van der Waals surface area (Å²) in [6.45, 7) is 1.03. The number of aromatic nitrogens is 1. The summed E-state index contributed by atoms with van der Waals surface area (Å²) in [6, 6.07) is 5.43. The third-order valence-corrected chi connectivity index (χ3v) is 5.43. The summed E-state index contributed by atoms with van der Waals surface area (Å²) in [4.78, 5) is 5.34. The van der Waals surface area contributed by atoms with Crippen LogP contribution in [0.1, 0.15) is 10.6 Å². The van der Waals surface area contributed by atoms with Gasteiger partial charge in [0.25, 0.3) is 0 Å². The Morgan fingerprint density at radius 2 is 2.29 bits per heavy atom. The Bertz CT molecular complexity index is 820. The first kappa shape index (κ1) is 17.5. The van der Waals surface area contributed by atoms with Crippen LogP contribution in [-0.4, -0.2) is 24.7 Å². The molecule has 0 aliphatic rings. The predicted octanol–water partition coefficient (Wildman–Crippen LogP) is 4.32. The van der Waals surface area contributed by atoms with E-state index in [0.717, 1.165) is 21.0 Å². The number of furan rings is 1. The minimum atomic E-state index is -0.115. The van der Waals surface area contributed by atoms with Gasteiger partial charge in [-0.15, -0.1) is 11.3 Å². The number of ether oxygens (including phenoxy) is 1. The maximum atomic E-state index is 6.49. The molecule has 5 nitrogen and oxygen atoms in total. The molecule has 1 atom stereocenters. The van der Waals surface area contributed by atoms with Gasteiger partial charge in [0.05, 0.1) is 34.8 Å². The Morgan fingerprint density at radius 1 is 1.46 bits per heavy atom. The highest BCUT2D eigenvalue weighted by Crippen LogP contribution is 2.40. The van der Waals surface area contributed by atoms with Crippen LogP contribution in [0.2, 0.25) is 10.2 Å². The Balaban J connectivity index is 1.91. The number of hydrogen-bond donors (Lipinski definition) is 2. The Labute approximate surface area is 153 Å². The van der Waals surface area contributed by atoms with Crippen LogP contribution in [0.15, 0.2) is 28.9 Å². The van der Waals surface area contributed by atoms with Crippen LogP contribution in [0, 0.1) is 0 Å². The second kappa shape index (κ2) is 7.72. The number of rotatable bonds is 7. The number of thiophene rings is 1. The maximum absolute atomic E-state index is 6.49. The van der Waals surface area contributed by atoms with Crippen LogP contribution < -0.4 is 11.1 Å². The smallest absolute Gasteiger partial charge is 0.131 e. The van der Waals surface area contributed by atoms with E-state index < -0.39 is 0 Å². The predicted molar refractivity (Wildman–Crippen MR) is 99.2 cm³/mol. The summed E-state index contributed by atoms with van der Waals surface area (Å²) in [6.07, 6.45) is 2.27. The fourth-order valence-corrected chi connectivity index (χ4v) is 4.22. The van der Waals surface area contributed by atoms with Crippen molar-refractivity contribution in [1.29, 1.82) is 0 Å². The first-order valence-electron chi connectivity index (χ1n) is 7.36. The largest absolute Gasteiger partial charge is 0.467 e. The minimum absolute atomic E-state index is 0.115. The molecule has 3 heterocycles. The highest BCUT2D eigenvalue weighted by atomic mass is 35.5. The molecule has 24 heavy (non-hydrogen) atoms. The monoisotopic (exact) mass is 385 g/mol. The van der Waals surface area contributed by atoms with Crippen LogP contribution in [0.25, 0.3) is 10.2 Å². The molecule has 3 N–H and O–H groups in total. The molecule has 8 heteroatoms. The molecule has 0 radical (unpaired) electrons. The minimum Gasteiger partial charge on any atom is -0.467 e. The molecule has 3 aromatic rings. The summed E-state index contributed by atoms with van der Waals surface area (Å²) in [5.74, 6) is 0.834. The molecule has 0 aliphatic carbocycles. The first-order chi connectivity index (χ1) is 11.6. The van der Waals surface area contributed by atoms with Gasteiger partial charge in [-0.1, -0.05) is 23.2 Å². The van der Waals surface area contributed by atoms with Crippen molar-refractivity contribution in [3.05, 3.63) is 45.3 Å². The van der Waals surface area contributed by atoms with Gasteiger partial charge >= 0.3 is 0 Å². The van der Waals surface area contributed by atoms with Crippen molar-refractivity contribution in [2.45, 2.75) is 19.0 Å². The van der Waals surface area contributed by atoms with Crippen molar-refractivity contribution < 1.29 is 9.15 Å². The molecule has 0 aliphatic heterocycles. The molecule has 0 unspecified atom stereocenters. The van der Waals surface area contributed by atoms with Crippen LogP contribution in [0.4, 0.5) is 5.69 Å². The van der Waals surface area contributed by atoms with Crippen molar-refractivity contribution in [1.82, 2.24) is 4.98 Å². The van der Waals surface area contributed by atoms with Crippen LogP contribution in [0.3, 0.4) is 0 Å². The van der Waals surface area contributed by atoms with Gasteiger partial charge < -0.3 is 20.2 Å². The van der Waals surface area contributed by atoms with Crippen molar-refractivity contribution in [2.24, 2.45) is 5.73 Å². The van der Waals surface area contributed by atoms with Gasteiger partial charge in [-0.2, -0.15) is 0 Å². The van der Waals surface area contributed by atoms with Crippen molar-refractivity contribution in [3.63, 3.8) is 0 Å². The number of fused-ring (bicyclic) bond motifs is 1. The lowest BCUT2D eigenvalue weighted by Crippen LogP contribution is -2.27. The molecular formula is C16H17Cl2N3O2S. The molecule has 128 valence electrons. The number of anilines is 1. The number of nitrogens with one attached hydrogen (secondary N) is 1. The third kappa shape index (κ3) is 3.84. The number of pyridine rings is 1. The summed E-state index contributed by atoms with van der Waals surface area (Å²) in [5, 5.41) is 4.32. The van der Waals surface area contributed by atoms with E-state index in [1.807, 2.05) is 12.1 Å². The van der Waals surface area contributed by atoms with Crippen molar-refractivity contribution in [3.8, 4) is 0 Å². The lowest BCUT2D eigenvalue weighted by atomic mass is 10.2. The summed E-state index contributed by atoms with van der Waals surface area (Å²) in [5.41, 5.74) is 7.61. The first-order valence-corrected chi connectivity index (χ1v) is 8.94. The van der Waals surface area contributed by atoms with E-state index in [9.17, 15) is 0 Å². The molecule has 0 saturated heterocycles. The summed E-state index contributed by atoms with van der Waals surface area (Å²) in [7, 11) is 1.63. The standard InChI is InChI=1S/C16H17Cl2N3O2S/c1-22-8-9(19)5-12-14(18)15-16(24-12)11(6-13(17)21-15)20-7-10-3-2-4-23-10/h2-4,6,9H,5,7-8,19H2,1H3,(H,20,21)/t9-/m1/s1. The second-order valence-electron chi connectivity index (χ2n) is 5.36. The fraction of sp³-hybridized carbons (Fsp3) is 0.312. The van der Waals surface area contributed by atoms with Crippen LogP contribution in [0.5, 0.6) is 0 Å². The molecule has 0 amide bonds. The van der Waals surface area contributed by atoms with Crippen LogP contribution >= 0.6 is 34.5 Å². The van der Waals surface area contributed by atoms with Gasteiger partial charge in [0.15, 0.2) is 0 Å². The van der Waals surface area contributed by atoms with Gasteiger partial charge in [-0.3, -0.25) is 0 Å². The zero-order chi connectivity index (χ0) is 17.1. The highest BCUT2D eigenvalue weighted by molar-refractivity contribution is 7.20. The average Bonchev–Trinajstić information content (AvgIpc) is 3.15. The van der Waals surface area contributed by atoms with Gasteiger partial charge in [0, 0.05) is 30.5 Å². The molecule has 0 bridgehead atoms. The fourth-order valence-electron chi connectivity index (χ4n) is 2.42. The normalized spacial score (nSPS) is 12.7. The maximum Gasteiger partial charge on any atom is 0.131 e. The van der Waals surface area contributed by atoms with E-state index in [1.54, 1.807) is 30.8 Å². The Morgan fingerprint density at radius 3 is 3.00 bits per heavy atom. The lowest BCUT2D eigenvalue weighted by molar-refractivity contribution is 0.180. The molecule has 0 spiro atoms. The molecular weight excluding hydrogens is 369 g/mol. The second-order valence-corrected chi connectivity index (χ2v) is 7.23. The van der Waals surface area contributed by atoms with E-state index >= 15 is 0 Å². The van der Waals surface area contributed by atoms with Crippen LogP contribution in [-0.2, 0) is 17.7 Å². The zero-order valence-corrected chi connectivity index (χ0v) is 15.3. The van der Waals surface area contributed by atoms with Gasteiger partial charge in [-0.25, -0.2) is 4.98 Å². The number of nitrogens with zero attached hydrogens (tertiary/aromatic N) is 1. The topological polar surface area (TPSA) is 73.3 Å². The van der Waals surface area contributed by atoms with Gasteiger partial charge in [0.1, 0.15) is 16.4 Å².